The molecule has 0 aliphatic carbocycles. The lowest BCUT2D eigenvalue weighted by Crippen LogP contribution is -2.13. The van der Waals surface area contributed by atoms with Gasteiger partial charge in [0.1, 0.15) is 10.6 Å². The average molecular weight is 358 g/mol. The van der Waals surface area contributed by atoms with Gasteiger partial charge in [-0.1, -0.05) is 6.07 Å². The summed E-state index contributed by atoms with van der Waals surface area (Å²) in [5.41, 5.74) is 2.73. The van der Waals surface area contributed by atoms with Crippen LogP contribution >= 0.6 is 11.3 Å². The number of hydrogen-bond donors (Lipinski definition) is 1. The molecule has 132 valence electrons. The number of ether oxygens (including phenoxy) is 1. The number of fused-ring (bicyclic) bond motifs is 1. The highest BCUT2D eigenvalue weighted by atomic mass is 32.1. The molecule has 25 heavy (non-hydrogen) atoms. The van der Waals surface area contributed by atoms with E-state index in [1.807, 2.05) is 57.0 Å². The van der Waals surface area contributed by atoms with Crippen LogP contribution in [0.5, 0.6) is 5.75 Å². The lowest BCUT2D eigenvalue weighted by molar-refractivity contribution is 0.103. The monoisotopic (exact) mass is 358 g/mol. The van der Waals surface area contributed by atoms with Crippen molar-refractivity contribution < 1.29 is 9.53 Å². The Kier molecular flexibility index (Phi) is 4.78. The molecule has 0 saturated carbocycles. The number of aryl methyl sites for hydroxylation is 2. The zero-order valence-electron chi connectivity index (χ0n) is 15.1. The summed E-state index contributed by atoms with van der Waals surface area (Å²) in [6, 6.07) is 7.73. The van der Waals surface area contributed by atoms with Crippen molar-refractivity contribution in [1.82, 2.24) is 14.7 Å². The summed E-state index contributed by atoms with van der Waals surface area (Å²) in [5.74, 6) is 0.519. The van der Waals surface area contributed by atoms with E-state index in [4.69, 9.17) is 4.74 Å². The highest BCUT2D eigenvalue weighted by molar-refractivity contribution is 7.20. The van der Waals surface area contributed by atoms with Gasteiger partial charge in [0.2, 0.25) is 0 Å². The minimum absolute atomic E-state index is 0.140. The first-order valence-electron chi connectivity index (χ1n) is 7.95. The molecular weight excluding hydrogens is 336 g/mol. The number of carbonyl (C=O) groups is 1. The van der Waals surface area contributed by atoms with Crippen LogP contribution in [0.15, 0.2) is 24.3 Å². The van der Waals surface area contributed by atoms with E-state index in [0.29, 0.717) is 16.3 Å². The van der Waals surface area contributed by atoms with Gasteiger partial charge in [0.05, 0.1) is 23.4 Å². The first-order valence-corrected chi connectivity index (χ1v) is 8.77. The second-order valence-corrected chi connectivity index (χ2v) is 7.30. The molecule has 2 aromatic heterocycles. The van der Waals surface area contributed by atoms with E-state index < -0.39 is 0 Å². The van der Waals surface area contributed by atoms with E-state index in [2.05, 4.69) is 15.3 Å². The molecule has 1 aromatic carbocycles. The number of hydrogen-bond acceptors (Lipinski definition) is 5. The second-order valence-electron chi connectivity index (χ2n) is 6.27. The van der Waals surface area contributed by atoms with Crippen LogP contribution in [0.4, 0.5) is 5.69 Å². The van der Waals surface area contributed by atoms with Gasteiger partial charge >= 0.3 is 0 Å². The summed E-state index contributed by atoms with van der Waals surface area (Å²) in [7, 11) is 7.53. The molecule has 0 spiro atoms. The Bertz CT molecular complexity index is 892. The second kappa shape index (κ2) is 6.85. The van der Waals surface area contributed by atoms with Gasteiger partial charge in [-0.05, 0) is 44.8 Å². The first kappa shape index (κ1) is 17.4. The lowest BCUT2D eigenvalue weighted by Gasteiger charge is -2.14. The van der Waals surface area contributed by atoms with Gasteiger partial charge in [0.25, 0.3) is 5.91 Å². The van der Waals surface area contributed by atoms with Crippen molar-refractivity contribution in [3.05, 3.63) is 40.4 Å². The first-order chi connectivity index (χ1) is 11.9. The molecule has 0 bridgehead atoms. The number of nitrogens with zero attached hydrogens (tertiary/aromatic N) is 3. The molecule has 3 aromatic rings. The van der Waals surface area contributed by atoms with Gasteiger partial charge in [-0.3, -0.25) is 9.48 Å². The molecule has 2 heterocycles. The fraction of sp³-hybridized carbons (Fsp3) is 0.333. The molecule has 6 nitrogen and oxygen atoms in total. The topological polar surface area (TPSA) is 59.4 Å². The number of anilines is 1. The smallest absolute Gasteiger partial charge is 0.265 e. The van der Waals surface area contributed by atoms with Gasteiger partial charge in [-0.2, -0.15) is 5.10 Å². The molecule has 0 aliphatic heterocycles. The Balaban J connectivity index is 1.85. The van der Waals surface area contributed by atoms with Crippen molar-refractivity contribution >= 4 is 33.1 Å². The van der Waals surface area contributed by atoms with Crippen LogP contribution in [0.3, 0.4) is 0 Å². The fourth-order valence-corrected chi connectivity index (χ4v) is 3.82. The Morgan fingerprint density at radius 2 is 2.12 bits per heavy atom. The number of thiophene rings is 1. The van der Waals surface area contributed by atoms with E-state index in [-0.39, 0.29) is 5.91 Å². The number of benzene rings is 1. The highest BCUT2D eigenvalue weighted by Crippen LogP contribution is 2.30. The molecule has 0 atom stereocenters. The summed E-state index contributed by atoms with van der Waals surface area (Å²) < 4.78 is 7.25. The van der Waals surface area contributed by atoms with Crippen molar-refractivity contribution in [2.45, 2.75) is 13.5 Å². The number of methoxy groups -OCH3 is 1. The minimum Gasteiger partial charge on any atom is -0.495 e. The van der Waals surface area contributed by atoms with E-state index >= 15 is 0 Å². The van der Waals surface area contributed by atoms with Crippen molar-refractivity contribution in [3.63, 3.8) is 0 Å². The van der Waals surface area contributed by atoms with E-state index in [0.717, 1.165) is 28.0 Å². The third kappa shape index (κ3) is 3.52. The molecule has 7 heteroatoms. The summed E-state index contributed by atoms with van der Waals surface area (Å²) in [6.45, 7) is 2.76. The van der Waals surface area contributed by atoms with Gasteiger partial charge in [-0.15, -0.1) is 11.3 Å². The van der Waals surface area contributed by atoms with Gasteiger partial charge < -0.3 is 15.0 Å². The molecule has 1 N–H and O–H groups in total. The molecule has 0 unspecified atom stereocenters. The van der Waals surface area contributed by atoms with E-state index in [9.17, 15) is 4.79 Å². The molecule has 3 rings (SSSR count). The lowest BCUT2D eigenvalue weighted by atomic mass is 10.1. The van der Waals surface area contributed by atoms with Crippen LogP contribution in [0.25, 0.3) is 10.2 Å². The van der Waals surface area contributed by atoms with Crippen molar-refractivity contribution in [2.24, 2.45) is 7.05 Å². The fourth-order valence-electron chi connectivity index (χ4n) is 2.80. The molecule has 0 radical (unpaired) electrons. The number of amides is 1. The largest absolute Gasteiger partial charge is 0.495 e. The van der Waals surface area contributed by atoms with Crippen molar-refractivity contribution in [2.75, 3.05) is 26.5 Å². The average Bonchev–Trinajstić information content (AvgIpc) is 3.10. The number of nitrogens with one attached hydrogen (secondary N) is 1. The third-order valence-corrected chi connectivity index (χ3v) is 5.13. The zero-order chi connectivity index (χ0) is 18.1. The van der Waals surface area contributed by atoms with Crippen LogP contribution in [-0.2, 0) is 13.6 Å². The molecule has 0 fully saturated rings. The summed E-state index contributed by atoms with van der Waals surface area (Å²) in [5, 5.41) is 8.34. The van der Waals surface area contributed by atoms with E-state index in [1.165, 1.54) is 11.3 Å². The number of aromatic nitrogens is 2. The van der Waals surface area contributed by atoms with Crippen LogP contribution in [0.1, 0.15) is 20.9 Å². The number of carbonyl (C=O) groups excluding carboxylic acids is 1. The predicted molar refractivity (Wildman–Crippen MR) is 102 cm³/mol. The third-order valence-electron chi connectivity index (χ3n) is 3.93. The van der Waals surface area contributed by atoms with Gasteiger partial charge in [0.15, 0.2) is 0 Å². The van der Waals surface area contributed by atoms with Gasteiger partial charge in [0, 0.05) is 19.0 Å². The molecule has 0 saturated heterocycles. The Morgan fingerprint density at radius 1 is 1.36 bits per heavy atom. The summed E-state index contributed by atoms with van der Waals surface area (Å²) >= 11 is 1.44. The van der Waals surface area contributed by atoms with Crippen LogP contribution < -0.4 is 10.1 Å². The standard InChI is InChI=1S/C18H22N4O2S/c1-11-13-9-16(25-18(13)22(4)20-11)17(23)19-14-7-6-12(10-21(2)3)8-15(14)24-5/h6-9H,10H2,1-5H3,(H,19,23). The highest BCUT2D eigenvalue weighted by Gasteiger charge is 2.16. The van der Waals surface area contributed by atoms with Crippen molar-refractivity contribution in [1.29, 1.82) is 0 Å². The zero-order valence-corrected chi connectivity index (χ0v) is 15.9. The molecule has 0 aliphatic rings. The normalized spacial score (nSPS) is 11.3. The quantitative estimate of drug-likeness (QED) is 0.760. The Morgan fingerprint density at radius 3 is 2.76 bits per heavy atom. The summed E-state index contributed by atoms with van der Waals surface area (Å²) in [6.07, 6.45) is 0. The molecule has 1 amide bonds. The van der Waals surface area contributed by atoms with Crippen LogP contribution in [0.2, 0.25) is 0 Å². The van der Waals surface area contributed by atoms with Crippen LogP contribution in [-0.4, -0.2) is 41.8 Å². The maximum Gasteiger partial charge on any atom is 0.265 e. The Labute approximate surface area is 151 Å². The summed E-state index contributed by atoms with van der Waals surface area (Å²) in [4.78, 5) is 16.4. The van der Waals surface area contributed by atoms with Gasteiger partial charge in [-0.25, -0.2) is 0 Å². The maximum atomic E-state index is 12.6. The number of rotatable bonds is 5. The van der Waals surface area contributed by atoms with Crippen molar-refractivity contribution in [3.8, 4) is 5.75 Å². The molecular formula is C18H22N4O2S. The maximum absolute atomic E-state index is 12.6. The predicted octanol–water partition coefficient (Wildman–Crippen LogP) is 3.27. The minimum atomic E-state index is -0.140. The Hall–Kier alpha value is -2.38. The van der Waals surface area contributed by atoms with E-state index in [1.54, 1.807) is 7.11 Å². The van der Waals surface area contributed by atoms with Crippen LogP contribution in [0, 0.1) is 6.92 Å². The SMILES string of the molecule is COc1cc(CN(C)C)ccc1NC(=O)c1cc2c(C)nn(C)c2s1.